The van der Waals surface area contributed by atoms with E-state index in [1.54, 1.807) is 7.11 Å². The van der Waals surface area contributed by atoms with Crippen molar-refractivity contribution in [2.75, 3.05) is 19.0 Å². The molecule has 1 unspecified atom stereocenters. The number of nitrogens with zero attached hydrogens (tertiary/aromatic N) is 1. The fourth-order valence-corrected chi connectivity index (χ4v) is 2.27. The van der Waals surface area contributed by atoms with Gasteiger partial charge in [-0.15, -0.1) is 0 Å². The molecule has 0 heterocycles. The summed E-state index contributed by atoms with van der Waals surface area (Å²) in [6.45, 7) is 0.421. The molecule has 17 heavy (non-hydrogen) atoms. The number of halogens is 1. The van der Waals surface area contributed by atoms with Gasteiger partial charge in [0.2, 0.25) is 0 Å². The van der Waals surface area contributed by atoms with Crippen molar-refractivity contribution in [2.24, 2.45) is 5.92 Å². The molecule has 1 atom stereocenters. The van der Waals surface area contributed by atoms with Crippen LogP contribution in [0, 0.1) is 17.2 Å². The summed E-state index contributed by atoms with van der Waals surface area (Å²) in [5, 5.41) is 12.8. The highest BCUT2D eigenvalue weighted by Gasteiger charge is 2.46. The number of nitrogens with one attached hydrogen (secondary N) is 1. The lowest BCUT2D eigenvalue weighted by molar-refractivity contribution is 0.155. The lowest BCUT2D eigenvalue weighted by Crippen LogP contribution is -2.43. The lowest BCUT2D eigenvalue weighted by atomic mass is 9.95. The average Bonchev–Trinajstić information content (AvgIpc) is 3.16. The first kappa shape index (κ1) is 12.4. The molecule has 1 aromatic rings. The van der Waals surface area contributed by atoms with Gasteiger partial charge in [-0.05, 0) is 43.0 Å². The molecule has 1 fully saturated rings. The number of benzene rings is 1. The molecule has 0 radical (unpaired) electrons. The summed E-state index contributed by atoms with van der Waals surface area (Å²) in [5.41, 5.74) is 0.376. The van der Waals surface area contributed by atoms with Gasteiger partial charge in [-0.25, -0.2) is 0 Å². The summed E-state index contributed by atoms with van der Waals surface area (Å²) >= 11 is 3.40. The number of rotatable bonds is 5. The number of hydrogen-bond donors (Lipinski definition) is 1. The van der Waals surface area contributed by atoms with Gasteiger partial charge in [0.25, 0.3) is 0 Å². The third kappa shape index (κ3) is 2.80. The highest BCUT2D eigenvalue weighted by Crippen LogP contribution is 2.41. The van der Waals surface area contributed by atoms with Crippen molar-refractivity contribution in [1.29, 1.82) is 5.26 Å². The third-order valence-corrected chi connectivity index (χ3v) is 3.59. The minimum Gasteiger partial charge on any atom is -0.381 e. The fourth-order valence-electron chi connectivity index (χ4n) is 2.00. The number of nitriles is 1. The number of hydrogen-bond acceptors (Lipinski definition) is 3. The molecular formula is C13H15BrN2O. The van der Waals surface area contributed by atoms with Crippen molar-refractivity contribution in [3.05, 3.63) is 28.7 Å². The second-order valence-electron chi connectivity index (χ2n) is 4.42. The first-order valence-electron chi connectivity index (χ1n) is 5.64. The Morgan fingerprint density at radius 1 is 1.47 bits per heavy atom. The Bertz CT molecular complexity index is 422. The van der Waals surface area contributed by atoms with Gasteiger partial charge >= 0.3 is 0 Å². The summed E-state index contributed by atoms with van der Waals surface area (Å²) in [6.07, 6.45) is 2.20. The predicted molar refractivity (Wildman–Crippen MR) is 70.7 cm³/mol. The van der Waals surface area contributed by atoms with Crippen LogP contribution in [-0.4, -0.2) is 19.3 Å². The van der Waals surface area contributed by atoms with Crippen molar-refractivity contribution in [3.63, 3.8) is 0 Å². The highest BCUT2D eigenvalue weighted by molar-refractivity contribution is 9.10. The Balaban J connectivity index is 2.17. The van der Waals surface area contributed by atoms with Crippen molar-refractivity contribution >= 4 is 21.6 Å². The van der Waals surface area contributed by atoms with Crippen LogP contribution < -0.4 is 5.32 Å². The van der Waals surface area contributed by atoms with Crippen LogP contribution in [0.4, 0.5) is 5.69 Å². The summed E-state index contributed by atoms with van der Waals surface area (Å²) in [6, 6.07) is 10.3. The molecule has 1 aliphatic rings. The van der Waals surface area contributed by atoms with Gasteiger partial charge in [0.1, 0.15) is 0 Å². The van der Waals surface area contributed by atoms with Crippen molar-refractivity contribution in [1.82, 2.24) is 0 Å². The molecule has 0 spiro atoms. The highest BCUT2D eigenvalue weighted by atomic mass is 79.9. The summed E-state index contributed by atoms with van der Waals surface area (Å²) in [7, 11) is 1.64. The second-order valence-corrected chi connectivity index (χ2v) is 5.34. The van der Waals surface area contributed by atoms with E-state index in [9.17, 15) is 5.26 Å². The average molecular weight is 295 g/mol. The van der Waals surface area contributed by atoms with Gasteiger partial charge < -0.3 is 10.1 Å². The topological polar surface area (TPSA) is 45.0 Å². The van der Waals surface area contributed by atoms with Crippen LogP contribution in [0.25, 0.3) is 0 Å². The Kier molecular flexibility index (Phi) is 3.70. The maximum Gasteiger partial charge on any atom is 0.151 e. The summed E-state index contributed by atoms with van der Waals surface area (Å²) < 4.78 is 6.23. The SMILES string of the molecule is COCC(C#N)(Nc1ccc(Br)cc1)C1CC1. The van der Waals surface area contributed by atoms with E-state index in [4.69, 9.17) is 4.74 Å². The molecule has 0 aliphatic heterocycles. The van der Waals surface area contributed by atoms with Gasteiger partial charge in [-0.1, -0.05) is 15.9 Å². The summed E-state index contributed by atoms with van der Waals surface area (Å²) in [5.74, 6) is 0.399. The predicted octanol–water partition coefficient (Wildman–Crippen LogP) is 3.18. The molecule has 0 bridgehead atoms. The monoisotopic (exact) mass is 294 g/mol. The van der Waals surface area contributed by atoms with Gasteiger partial charge in [-0.2, -0.15) is 5.26 Å². The van der Waals surface area contributed by atoms with E-state index in [0.717, 1.165) is 23.0 Å². The van der Waals surface area contributed by atoms with E-state index >= 15 is 0 Å². The molecule has 2 rings (SSSR count). The normalized spacial score (nSPS) is 18.2. The molecule has 4 heteroatoms. The number of ether oxygens (including phenoxy) is 1. The Morgan fingerprint density at radius 3 is 2.59 bits per heavy atom. The van der Waals surface area contributed by atoms with E-state index < -0.39 is 5.54 Å². The first-order valence-corrected chi connectivity index (χ1v) is 6.43. The minimum absolute atomic E-state index is 0.399. The molecule has 0 saturated heterocycles. The van der Waals surface area contributed by atoms with Crippen molar-refractivity contribution in [3.8, 4) is 6.07 Å². The van der Waals surface area contributed by atoms with E-state index in [-0.39, 0.29) is 0 Å². The quantitative estimate of drug-likeness (QED) is 0.907. The smallest absolute Gasteiger partial charge is 0.151 e. The fraction of sp³-hybridized carbons (Fsp3) is 0.462. The molecule has 90 valence electrons. The zero-order chi connectivity index (χ0) is 12.3. The number of methoxy groups -OCH3 is 1. The van der Waals surface area contributed by atoms with Gasteiger partial charge in [0.15, 0.2) is 5.54 Å². The minimum atomic E-state index is -0.581. The Hall–Kier alpha value is -1.05. The zero-order valence-corrected chi connectivity index (χ0v) is 11.3. The molecule has 0 amide bonds. The lowest BCUT2D eigenvalue weighted by Gasteiger charge is -2.28. The van der Waals surface area contributed by atoms with Gasteiger partial charge in [-0.3, -0.25) is 0 Å². The Labute approximate surface area is 110 Å². The van der Waals surface area contributed by atoms with Crippen LogP contribution in [0.1, 0.15) is 12.8 Å². The van der Waals surface area contributed by atoms with E-state index in [2.05, 4.69) is 27.3 Å². The molecular weight excluding hydrogens is 280 g/mol. The largest absolute Gasteiger partial charge is 0.381 e. The summed E-state index contributed by atoms with van der Waals surface area (Å²) in [4.78, 5) is 0. The van der Waals surface area contributed by atoms with Crippen LogP contribution in [0.5, 0.6) is 0 Å². The van der Waals surface area contributed by atoms with Crippen LogP contribution in [-0.2, 0) is 4.74 Å². The van der Waals surface area contributed by atoms with E-state index in [0.29, 0.717) is 12.5 Å². The van der Waals surface area contributed by atoms with Gasteiger partial charge in [0.05, 0.1) is 12.7 Å². The van der Waals surface area contributed by atoms with Gasteiger partial charge in [0, 0.05) is 17.3 Å². The molecule has 1 saturated carbocycles. The van der Waals surface area contributed by atoms with Crippen LogP contribution in [0.15, 0.2) is 28.7 Å². The van der Waals surface area contributed by atoms with Crippen LogP contribution in [0.3, 0.4) is 0 Å². The Morgan fingerprint density at radius 2 is 2.12 bits per heavy atom. The van der Waals surface area contributed by atoms with Crippen LogP contribution >= 0.6 is 15.9 Å². The van der Waals surface area contributed by atoms with Crippen LogP contribution in [0.2, 0.25) is 0 Å². The first-order chi connectivity index (χ1) is 8.20. The molecule has 1 aromatic carbocycles. The maximum atomic E-state index is 9.43. The number of anilines is 1. The zero-order valence-electron chi connectivity index (χ0n) is 9.74. The third-order valence-electron chi connectivity index (χ3n) is 3.06. The molecule has 1 aliphatic carbocycles. The molecule has 0 aromatic heterocycles. The second kappa shape index (κ2) is 5.07. The van der Waals surface area contributed by atoms with E-state index in [1.165, 1.54) is 0 Å². The van der Waals surface area contributed by atoms with Crippen molar-refractivity contribution in [2.45, 2.75) is 18.4 Å². The molecule has 1 N–H and O–H groups in total. The van der Waals surface area contributed by atoms with E-state index in [1.807, 2.05) is 24.3 Å². The van der Waals surface area contributed by atoms with Crippen molar-refractivity contribution < 1.29 is 4.74 Å². The molecule has 3 nitrogen and oxygen atoms in total. The maximum absolute atomic E-state index is 9.43. The standard InChI is InChI=1S/C13H15BrN2O/c1-17-9-13(8-15,10-2-3-10)16-12-6-4-11(14)5-7-12/h4-7,10,16H,2-3,9H2,1H3.